The Morgan fingerprint density at radius 1 is 1.47 bits per heavy atom. The van der Waals surface area contributed by atoms with E-state index < -0.39 is 5.92 Å². The second kappa shape index (κ2) is 5.83. The lowest BCUT2D eigenvalue weighted by Gasteiger charge is -2.16. The molecule has 1 aromatic heterocycles. The average molecular weight is 236 g/mol. The number of carbonyl (C=O) groups is 1. The first-order valence-corrected chi connectivity index (χ1v) is 5.24. The molecule has 1 aromatic rings. The van der Waals surface area contributed by atoms with Crippen molar-refractivity contribution in [2.75, 3.05) is 0 Å². The van der Waals surface area contributed by atoms with Gasteiger partial charge in [0.1, 0.15) is 0 Å². The van der Waals surface area contributed by atoms with Gasteiger partial charge in [-0.25, -0.2) is 0 Å². The summed E-state index contributed by atoms with van der Waals surface area (Å²) in [6, 6.07) is 3.48. The molecule has 0 aliphatic carbocycles. The summed E-state index contributed by atoms with van der Waals surface area (Å²) in [6.07, 6.45) is 3.32. The summed E-state index contributed by atoms with van der Waals surface area (Å²) in [7, 11) is 0. The fourth-order valence-corrected chi connectivity index (χ4v) is 1.29. The van der Waals surface area contributed by atoms with Crippen LogP contribution in [0, 0.1) is 5.92 Å². The Balaban J connectivity index is 2.64. The third-order valence-electron chi connectivity index (χ3n) is 2.52. The first-order valence-electron chi connectivity index (χ1n) is 5.24. The minimum absolute atomic E-state index is 0.107. The number of aromatic nitrogens is 1. The zero-order chi connectivity index (χ0) is 12.8. The van der Waals surface area contributed by atoms with Crippen molar-refractivity contribution in [1.29, 1.82) is 0 Å². The van der Waals surface area contributed by atoms with E-state index in [-0.39, 0.29) is 17.8 Å². The van der Waals surface area contributed by atoms with Crippen molar-refractivity contribution in [2.45, 2.75) is 19.9 Å². The molecule has 17 heavy (non-hydrogen) atoms. The molecular formula is C11H16N4O2. The van der Waals surface area contributed by atoms with Crippen molar-refractivity contribution < 1.29 is 10.0 Å². The molecule has 0 radical (unpaired) electrons. The molecular weight excluding hydrogens is 220 g/mol. The quantitative estimate of drug-likeness (QED) is 0.309. The highest BCUT2D eigenvalue weighted by molar-refractivity contribution is 6.01. The minimum Gasteiger partial charge on any atom is -0.409 e. The zero-order valence-corrected chi connectivity index (χ0v) is 9.79. The van der Waals surface area contributed by atoms with Crippen molar-refractivity contribution in [1.82, 2.24) is 10.3 Å². The van der Waals surface area contributed by atoms with Crippen LogP contribution in [0.1, 0.15) is 25.5 Å². The van der Waals surface area contributed by atoms with Gasteiger partial charge in [0.2, 0.25) is 5.91 Å². The Bertz CT molecular complexity index is 405. The molecule has 0 aliphatic rings. The predicted molar refractivity (Wildman–Crippen MR) is 63.4 cm³/mol. The van der Waals surface area contributed by atoms with Gasteiger partial charge in [0.05, 0.1) is 12.0 Å². The van der Waals surface area contributed by atoms with Crippen LogP contribution in [-0.4, -0.2) is 21.9 Å². The van der Waals surface area contributed by atoms with Crippen LogP contribution in [0.3, 0.4) is 0 Å². The van der Waals surface area contributed by atoms with Crippen LogP contribution in [0.25, 0.3) is 0 Å². The minimum atomic E-state index is -0.663. The van der Waals surface area contributed by atoms with Crippen molar-refractivity contribution >= 4 is 11.7 Å². The van der Waals surface area contributed by atoms with Crippen LogP contribution in [0.4, 0.5) is 0 Å². The molecule has 1 rings (SSSR count). The van der Waals surface area contributed by atoms with Gasteiger partial charge in [-0.15, -0.1) is 0 Å². The van der Waals surface area contributed by atoms with Gasteiger partial charge < -0.3 is 16.3 Å². The normalized spacial score (nSPS) is 15.1. The molecule has 6 heteroatoms. The molecule has 0 aliphatic heterocycles. The van der Waals surface area contributed by atoms with Gasteiger partial charge in [0.25, 0.3) is 0 Å². The Morgan fingerprint density at radius 3 is 2.59 bits per heavy atom. The summed E-state index contributed by atoms with van der Waals surface area (Å²) in [5, 5.41) is 14.1. The molecule has 2 unspecified atom stereocenters. The summed E-state index contributed by atoms with van der Waals surface area (Å²) in [6.45, 7) is 3.43. The van der Waals surface area contributed by atoms with Crippen LogP contribution in [0.5, 0.6) is 0 Å². The highest BCUT2D eigenvalue weighted by atomic mass is 16.4. The van der Waals surface area contributed by atoms with Crippen molar-refractivity contribution in [3.8, 4) is 0 Å². The van der Waals surface area contributed by atoms with E-state index in [4.69, 9.17) is 10.9 Å². The number of hydrogen-bond acceptors (Lipinski definition) is 4. The Hall–Kier alpha value is -2.11. The number of pyridine rings is 1. The highest BCUT2D eigenvalue weighted by Crippen LogP contribution is 2.11. The number of amides is 1. The predicted octanol–water partition coefficient (Wildman–Crippen LogP) is 0.641. The summed E-state index contributed by atoms with van der Waals surface area (Å²) >= 11 is 0. The number of nitrogens with two attached hydrogens (primary N) is 1. The zero-order valence-electron chi connectivity index (χ0n) is 9.79. The lowest BCUT2D eigenvalue weighted by molar-refractivity contribution is -0.123. The van der Waals surface area contributed by atoms with Crippen LogP contribution >= 0.6 is 0 Å². The maximum Gasteiger partial charge on any atom is 0.231 e. The van der Waals surface area contributed by atoms with Crippen molar-refractivity contribution in [2.24, 2.45) is 16.8 Å². The SMILES string of the molecule is CC(C(=O)NC(C)c1ccncc1)/C(N)=N/O. The molecule has 0 aromatic carbocycles. The fraction of sp³-hybridized carbons (Fsp3) is 0.364. The topological polar surface area (TPSA) is 101 Å². The summed E-state index contributed by atoms with van der Waals surface area (Å²) in [4.78, 5) is 15.6. The van der Waals surface area contributed by atoms with E-state index in [0.717, 1.165) is 5.56 Å². The van der Waals surface area contributed by atoms with E-state index in [2.05, 4.69) is 15.5 Å². The van der Waals surface area contributed by atoms with Crippen LogP contribution in [0.15, 0.2) is 29.7 Å². The smallest absolute Gasteiger partial charge is 0.231 e. The second-order valence-corrected chi connectivity index (χ2v) is 3.76. The Morgan fingerprint density at radius 2 is 2.06 bits per heavy atom. The van der Waals surface area contributed by atoms with E-state index in [1.807, 2.05) is 19.1 Å². The average Bonchev–Trinajstić information content (AvgIpc) is 2.37. The number of carbonyl (C=O) groups excluding carboxylic acids is 1. The third-order valence-corrected chi connectivity index (χ3v) is 2.52. The molecule has 0 saturated heterocycles. The van der Waals surface area contributed by atoms with Gasteiger partial charge >= 0.3 is 0 Å². The maximum atomic E-state index is 11.7. The van der Waals surface area contributed by atoms with Gasteiger partial charge in [-0.2, -0.15) is 0 Å². The molecule has 0 bridgehead atoms. The standard InChI is InChI=1S/C11H16N4O2/c1-7(10(12)15-17)11(16)14-8(2)9-3-5-13-6-4-9/h3-8,17H,1-2H3,(H2,12,15)(H,14,16). The molecule has 0 spiro atoms. The molecule has 2 atom stereocenters. The number of nitrogens with zero attached hydrogens (tertiary/aromatic N) is 2. The van der Waals surface area contributed by atoms with E-state index in [1.165, 1.54) is 0 Å². The highest BCUT2D eigenvalue weighted by Gasteiger charge is 2.19. The molecule has 1 heterocycles. The lowest BCUT2D eigenvalue weighted by Crippen LogP contribution is -2.38. The van der Waals surface area contributed by atoms with Crippen LogP contribution in [0.2, 0.25) is 0 Å². The summed E-state index contributed by atoms with van der Waals surface area (Å²) < 4.78 is 0. The Labute approximate surface area is 99.5 Å². The van der Waals surface area contributed by atoms with Crippen molar-refractivity contribution in [3.05, 3.63) is 30.1 Å². The van der Waals surface area contributed by atoms with E-state index in [9.17, 15) is 4.79 Å². The lowest BCUT2D eigenvalue weighted by atomic mass is 10.1. The monoisotopic (exact) mass is 236 g/mol. The second-order valence-electron chi connectivity index (χ2n) is 3.76. The fourth-order valence-electron chi connectivity index (χ4n) is 1.29. The molecule has 0 saturated carbocycles. The van der Waals surface area contributed by atoms with Crippen LogP contribution < -0.4 is 11.1 Å². The number of nitrogens with one attached hydrogen (secondary N) is 1. The maximum absolute atomic E-state index is 11.7. The molecule has 6 nitrogen and oxygen atoms in total. The number of rotatable bonds is 4. The Kier molecular flexibility index (Phi) is 4.45. The molecule has 0 fully saturated rings. The number of oxime groups is 1. The number of hydrogen-bond donors (Lipinski definition) is 3. The first kappa shape index (κ1) is 13.0. The van der Waals surface area contributed by atoms with Crippen LogP contribution in [-0.2, 0) is 4.79 Å². The van der Waals surface area contributed by atoms with Gasteiger partial charge in [-0.05, 0) is 31.5 Å². The van der Waals surface area contributed by atoms with Gasteiger partial charge in [-0.3, -0.25) is 9.78 Å². The summed E-state index contributed by atoms with van der Waals surface area (Å²) in [5.41, 5.74) is 6.31. The molecule has 1 amide bonds. The third kappa shape index (κ3) is 3.44. The van der Waals surface area contributed by atoms with E-state index in [0.29, 0.717) is 0 Å². The van der Waals surface area contributed by atoms with E-state index in [1.54, 1.807) is 19.3 Å². The van der Waals surface area contributed by atoms with E-state index >= 15 is 0 Å². The number of amidine groups is 1. The van der Waals surface area contributed by atoms with Gasteiger partial charge in [0.15, 0.2) is 5.84 Å². The molecule has 4 N–H and O–H groups in total. The molecule has 92 valence electrons. The summed E-state index contributed by atoms with van der Waals surface area (Å²) in [5.74, 6) is -1.06. The van der Waals surface area contributed by atoms with Gasteiger partial charge in [0, 0.05) is 12.4 Å². The first-order chi connectivity index (χ1) is 8.06. The van der Waals surface area contributed by atoms with Crippen molar-refractivity contribution in [3.63, 3.8) is 0 Å². The largest absolute Gasteiger partial charge is 0.409 e. The van der Waals surface area contributed by atoms with Gasteiger partial charge in [-0.1, -0.05) is 5.16 Å².